The van der Waals surface area contributed by atoms with E-state index in [-0.39, 0.29) is 9.77 Å². The third-order valence-corrected chi connectivity index (χ3v) is 8.52. The Kier molecular flexibility index (Phi) is 5.90. The highest BCUT2D eigenvalue weighted by Gasteiger charge is 2.18. The Morgan fingerprint density at radius 1 is 0.970 bits per heavy atom. The molecule has 1 aromatic heterocycles. The Bertz CT molecular complexity index is 1470. The normalized spacial score (nSPS) is 14.2. The van der Waals surface area contributed by atoms with Gasteiger partial charge in [0.1, 0.15) is 0 Å². The molecule has 5 rings (SSSR count). The van der Waals surface area contributed by atoms with Crippen LogP contribution in [-0.2, 0) is 16.6 Å². The van der Waals surface area contributed by atoms with Crippen LogP contribution in [0.2, 0.25) is 5.02 Å². The highest BCUT2D eigenvalue weighted by molar-refractivity contribution is 7.92. The summed E-state index contributed by atoms with van der Waals surface area (Å²) in [4.78, 5) is 14.9. The fourth-order valence-electron chi connectivity index (χ4n) is 4.09. The number of hydrogen-bond donors (Lipinski definition) is 1. The third kappa shape index (κ3) is 4.51. The van der Waals surface area contributed by atoms with Crippen molar-refractivity contribution >= 4 is 54.6 Å². The predicted octanol–water partition coefficient (Wildman–Crippen LogP) is 5.17. The van der Waals surface area contributed by atoms with Gasteiger partial charge < -0.3 is 4.90 Å². The third-order valence-electron chi connectivity index (χ3n) is 5.83. The van der Waals surface area contributed by atoms with Crippen LogP contribution in [0, 0.1) is 0 Å². The van der Waals surface area contributed by atoms with Crippen molar-refractivity contribution in [3.63, 3.8) is 0 Å². The van der Waals surface area contributed by atoms with Crippen LogP contribution in [0.3, 0.4) is 0 Å². The standard InChI is InChI=1S/C24H22ClN3O3S2/c25-21-6-2-1-5-17(21)16-28-22-12-11-20(15-23(22)32-24(28)29)33(30,31)26-18-7-9-19(10-8-18)27-13-3-4-14-27/h1-2,5-12,15,26H,3-4,13-14,16H2. The van der Waals surface area contributed by atoms with E-state index < -0.39 is 10.0 Å². The first-order valence-corrected chi connectivity index (χ1v) is 13.3. The molecule has 2 heterocycles. The molecule has 0 atom stereocenters. The number of halogens is 1. The average molecular weight is 500 g/mol. The first-order chi connectivity index (χ1) is 15.9. The molecule has 170 valence electrons. The number of thiazole rings is 1. The van der Waals surface area contributed by atoms with Gasteiger partial charge in [0.15, 0.2) is 0 Å². The van der Waals surface area contributed by atoms with Crippen LogP contribution in [0.5, 0.6) is 0 Å². The van der Waals surface area contributed by atoms with Crippen LogP contribution >= 0.6 is 22.9 Å². The Morgan fingerprint density at radius 3 is 2.42 bits per heavy atom. The van der Waals surface area contributed by atoms with Crippen molar-refractivity contribution in [2.75, 3.05) is 22.7 Å². The van der Waals surface area contributed by atoms with Crippen molar-refractivity contribution in [2.45, 2.75) is 24.3 Å². The number of hydrogen-bond acceptors (Lipinski definition) is 5. The van der Waals surface area contributed by atoms with E-state index in [1.54, 1.807) is 34.9 Å². The Hall–Kier alpha value is -2.81. The lowest BCUT2D eigenvalue weighted by Gasteiger charge is -2.18. The van der Waals surface area contributed by atoms with Crippen molar-refractivity contribution in [1.29, 1.82) is 0 Å². The summed E-state index contributed by atoms with van der Waals surface area (Å²) in [5, 5.41) is 0.586. The van der Waals surface area contributed by atoms with Gasteiger partial charge in [-0.05, 0) is 66.9 Å². The minimum atomic E-state index is -3.80. The molecule has 4 aromatic rings. The van der Waals surface area contributed by atoms with Gasteiger partial charge in [0.25, 0.3) is 10.0 Å². The van der Waals surface area contributed by atoms with Gasteiger partial charge in [0.05, 0.1) is 21.7 Å². The maximum Gasteiger partial charge on any atom is 0.308 e. The molecular weight excluding hydrogens is 478 g/mol. The van der Waals surface area contributed by atoms with Crippen LogP contribution in [0.25, 0.3) is 10.2 Å². The molecule has 0 radical (unpaired) electrons. The SMILES string of the molecule is O=c1sc2cc(S(=O)(=O)Nc3ccc(N4CCCC4)cc3)ccc2n1Cc1ccccc1Cl. The summed E-state index contributed by atoms with van der Waals surface area (Å²) in [6.07, 6.45) is 2.37. The van der Waals surface area contributed by atoms with Crippen LogP contribution in [0.1, 0.15) is 18.4 Å². The second-order valence-electron chi connectivity index (χ2n) is 8.02. The zero-order chi connectivity index (χ0) is 23.0. The van der Waals surface area contributed by atoms with Gasteiger partial charge >= 0.3 is 4.87 Å². The second kappa shape index (κ2) is 8.85. The van der Waals surface area contributed by atoms with Gasteiger partial charge in [-0.15, -0.1) is 0 Å². The second-order valence-corrected chi connectivity index (χ2v) is 11.1. The minimum absolute atomic E-state index is 0.116. The van der Waals surface area contributed by atoms with Gasteiger partial charge in [-0.2, -0.15) is 0 Å². The van der Waals surface area contributed by atoms with Crippen molar-refractivity contribution < 1.29 is 8.42 Å². The Morgan fingerprint density at radius 2 is 1.70 bits per heavy atom. The highest BCUT2D eigenvalue weighted by Crippen LogP contribution is 2.27. The number of fused-ring (bicyclic) bond motifs is 1. The van der Waals surface area contributed by atoms with Crippen LogP contribution in [0.15, 0.2) is 76.4 Å². The lowest BCUT2D eigenvalue weighted by atomic mass is 10.2. The van der Waals surface area contributed by atoms with E-state index in [9.17, 15) is 13.2 Å². The molecular formula is C24H22ClN3O3S2. The van der Waals surface area contributed by atoms with Gasteiger partial charge in [-0.3, -0.25) is 14.1 Å². The lowest BCUT2D eigenvalue weighted by molar-refractivity contribution is 0.601. The molecule has 1 aliphatic heterocycles. The molecule has 9 heteroatoms. The Labute approximate surface area is 201 Å². The summed E-state index contributed by atoms with van der Waals surface area (Å²) in [5.41, 5.74) is 3.11. The van der Waals surface area contributed by atoms with Crippen LogP contribution in [-0.4, -0.2) is 26.1 Å². The average Bonchev–Trinajstić information content (AvgIpc) is 3.44. The molecule has 0 unspecified atom stereocenters. The number of sulfonamides is 1. The first kappa shape index (κ1) is 22.0. The van der Waals surface area contributed by atoms with E-state index in [1.165, 1.54) is 18.9 Å². The van der Waals surface area contributed by atoms with Gasteiger partial charge in [-0.1, -0.05) is 41.1 Å². The monoisotopic (exact) mass is 499 g/mol. The van der Waals surface area contributed by atoms with Gasteiger partial charge in [0, 0.05) is 29.5 Å². The van der Waals surface area contributed by atoms with Crippen molar-refractivity contribution in [2.24, 2.45) is 0 Å². The summed E-state index contributed by atoms with van der Waals surface area (Å²) >= 11 is 7.27. The van der Waals surface area contributed by atoms with E-state index in [0.29, 0.717) is 27.5 Å². The molecule has 1 saturated heterocycles. The smallest absolute Gasteiger partial charge is 0.308 e. The molecule has 0 spiro atoms. The van der Waals surface area contributed by atoms with E-state index >= 15 is 0 Å². The number of benzene rings is 3. The fraction of sp³-hybridized carbons (Fsp3) is 0.208. The summed E-state index contributed by atoms with van der Waals surface area (Å²) in [5.74, 6) is 0. The molecule has 3 aromatic carbocycles. The maximum atomic E-state index is 13.0. The molecule has 0 saturated carbocycles. The Balaban J connectivity index is 1.40. The number of aromatic nitrogens is 1. The van der Waals surface area contributed by atoms with E-state index in [1.807, 2.05) is 30.3 Å². The quantitative estimate of drug-likeness (QED) is 0.397. The van der Waals surface area contributed by atoms with Crippen molar-refractivity contribution in [1.82, 2.24) is 4.57 Å². The number of rotatable bonds is 6. The molecule has 0 bridgehead atoms. The molecule has 1 aliphatic rings. The summed E-state index contributed by atoms with van der Waals surface area (Å²) in [7, 11) is -3.80. The van der Waals surface area contributed by atoms with Gasteiger partial charge in [-0.25, -0.2) is 8.42 Å². The van der Waals surface area contributed by atoms with Crippen LogP contribution in [0.4, 0.5) is 11.4 Å². The van der Waals surface area contributed by atoms with Crippen molar-refractivity contribution in [3.8, 4) is 0 Å². The van der Waals surface area contributed by atoms with Crippen LogP contribution < -0.4 is 14.5 Å². The molecule has 1 fully saturated rings. The van der Waals surface area contributed by atoms with Crippen molar-refractivity contribution in [3.05, 3.63) is 87.0 Å². The first-order valence-electron chi connectivity index (χ1n) is 10.7. The molecule has 33 heavy (non-hydrogen) atoms. The lowest BCUT2D eigenvalue weighted by Crippen LogP contribution is -2.17. The summed E-state index contributed by atoms with van der Waals surface area (Å²) < 4.78 is 30.9. The predicted molar refractivity (Wildman–Crippen MR) is 135 cm³/mol. The van der Waals surface area contributed by atoms with E-state index in [2.05, 4.69) is 9.62 Å². The number of anilines is 2. The zero-order valence-corrected chi connectivity index (χ0v) is 20.1. The molecule has 0 amide bonds. The summed E-state index contributed by atoms with van der Waals surface area (Å²) in [6.45, 7) is 2.39. The topological polar surface area (TPSA) is 71.4 Å². The molecule has 6 nitrogen and oxygen atoms in total. The number of nitrogens with one attached hydrogen (secondary N) is 1. The van der Waals surface area contributed by atoms with Gasteiger partial charge in [0.2, 0.25) is 0 Å². The fourth-order valence-corrected chi connectivity index (χ4v) is 6.37. The summed E-state index contributed by atoms with van der Waals surface area (Å²) in [6, 6.07) is 19.5. The van der Waals surface area contributed by atoms with E-state index in [0.717, 1.165) is 35.7 Å². The van der Waals surface area contributed by atoms with E-state index in [4.69, 9.17) is 11.6 Å². The maximum absolute atomic E-state index is 13.0. The minimum Gasteiger partial charge on any atom is -0.372 e. The number of nitrogens with zero attached hydrogens (tertiary/aromatic N) is 2. The highest BCUT2D eigenvalue weighted by atomic mass is 35.5. The largest absolute Gasteiger partial charge is 0.372 e. The molecule has 0 aliphatic carbocycles. The molecule has 1 N–H and O–H groups in total. The zero-order valence-electron chi connectivity index (χ0n) is 17.7.